The van der Waals surface area contributed by atoms with Gasteiger partial charge in [-0.3, -0.25) is 4.99 Å². The molecular weight excluding hydrogens is 333 g/mol. The van der Waals surface area contributed by atoms with E-state index in [-0.39, 0.29) is 12.6 Å². The fourth-order valence-corrected chi connectivity index (χ4v) is 3.17. The zero-order chi connectivity index (χ0) is 16.2. The minimum absolute atomic E-state index is 0.0632. The predicted octanol–water partition coefficient (Wildman–Crippen LogP) is 3.65. The van der Waals surface area contributed by atoms with Gasteiger partial charge in [0, 0.05) is 17.3 Å². The van der Waals surface area contributed by atoms with E-state index in [2.05, 4.69) is 20.6 Å². The van der Waals surface area contributed by atoms with E-state index >= 15 is 0 Å². The Bertz CT molecular complexity index is 620. The first-order chi connectivity index (χ1) is 10.4. The normalized spacial score (nSPS) is 14.0. The SMILES string of the molecule is CN=C(NCc1nc(C(F)(F)F)cs1)NC(C)c1cccs1. The molecule has 120 valence electrons. The van der Waals surface area contributed by atoms with Gasteiger partial charge in [-0.15, -0.1) is 22.7 Å². The summed E-state index contributed by atoms with van der Waals surface area (Å²) in [6, 6.07) is 4.03. The average Bonchev–Trinajstić information content (AvgIpc) is 3.12. The van der Waals surface area contributed by atoms with Crippen LogP contribution in [0.1, 0.15) is 28.5 Å². The van der Waals surface area contributed by atoms with Crippen LogP contribution in [0.4, 0.5) is 13.2 Å². The molecule has 1 atom stereocenters. The highest BCUT2D eigenvalue weighted by atomic mass is 32.1. The fraction of sp³-hybridized carbons (Fsp3) is 0.385. The number of guanidine groups is 1. The Labute approximate surface area is 134 Å². The lowest BCUT2D eigenvalue weighted by molar-refractivity contribution is -0.140. The third-order valence-electron chi connectivity index (χ3n) is 2.80. The third kappa shape index (κ3) is 4.44. The van der Waals surface area contributed by atoms with Crippen LogP contribution in [0.2, 0.25) is 0 Å². The van der Waals surface area contributed by atoms with Crippen LogP contribution in [0, 0.1) is 0 Å². The highest BCUT2D eigenvalue weighted by Crippen LogP contribution is 2.29. The number of thiazole rings is 1. The standard InChI is InChI=1S/C13H15F3N4S2/c1-8(9-4-3-5-21-9)19-12(17-2)18-6-11-20-10(7-22-11)13(14,15)16/h3-5,7-8H,6H2,1-2H3,(H2,17,18,19). The molecule has 2 aromatic rings. The first-order valence-electron chi connectivity index (χ1n) is 6.42. The van der Waals surface area contributed by atoms with E-state index in [1.165, 1.54) is 0 Å². The molecule has 2 rings (SSSR count). The molecule has 0 bridgehead atoms. The maximum absolute atomic E-state index is 12.5. The highest BCUT2D eigenvalue weighted by Gasteiger charge is 2.33. The lowest BCUT2D eigenvalue weighted by Crippen LogP contribution is -2.38. The maximum Gasteiger partial charge on any atom is 0.434 e. The van der Waals surface area contributed by atoms with Crippen molar-refractivity contribution in [1.82, 2.24) is 15.6 Å². The number of hydrogen-bond donors (Lipinski definition) is 2. The second-order valence-corrected chi connectivity index (χ2v) is 6.35. The molecule has 0 amide bonds. The molecule has 0 saturated carbocycles. The van der Waals surface area contributed by atoms with Gasteiger partial charge in [0.1, 0.15) is 5.01 Å². The lowest BCUT2D eigenvalue weighted by atomic mass is 10.3. The largest absolute Gasteiger partial charge is 0.434 e. The third-order valence-corrected chi connectivity index (χ3v) is 4.70. The van der Waals surface area contributed by atoms with E-state index in [1.54, 1.807) is 18.4 Å². The summed E-state index contributed by atoms with van der Waals surface area (Å²) in [6.45, 7) is 2.18. The Hall–Kier alpha value is -1.61. The zero-order valence-electron chi connectivity index (χ0n) is 11.9. The van der Waals surface area contributed by atoms with Crippen LogP contribution in [0.3, 0.4) is 0 Å². The van der Waals surface area contributed by atoms with E-state index < -0.39 is 11.9 Å². The number of thiophene rings is 1. The van der Waals surface area contributed by atoms with Gasteiger partial charge >= 0.3 is 6.18 Å². The van der Waals surface area contributed by atoms with Crippen molar-refractivity contribution in [1.29, 1.82) is 0 Å². The molecule has 22 heavy (non-hydrogen) atoms. The summed E-state index contributed by atoms with van der Waals surface area (Å²) in [6.07, 6.45) is -4.40. The van der Waals surface area contributed by atoms with Gasteiger partial charge in [0.05, 0.1) is 12.6 Å². The topological polar surface area (TPSA) is 49.3 Å². The van der Waals surface area contributed by atoms with Crippen LogP contribution < -0.4 is 10.6 Å². The van der Waals surface area contributed by atoms with E-state index in [4.69, 9.17) is 0 Å². The Morgan fingerprint density at radius 1 is 1.41 bits per heavy atom. The van der Waals surface area contributed by atoms with Crippen molar-refractivity contribution in [2.75, 3.05) is 7.05 Å². The number of rotatable bonds is 4. The van der Waals surface area contributed by atoms with Crippen molar-refractivity contribution < 1.29 is 13.2 Å². The summed E-state index contributed by atoms with van der Waals surface area (Å²) in [5, 5.41) is 9.51. The molecular formula is C13H15F3N4S2. The Morgan fingerprint density at radius 2 is 2.18 bits per heavy atom. The molecule has 1 unspecified atom stereocenters. The molecule has 0 fully saturated rings. The van der Waals surface area contributed by atoms with E-state index in [1.807, 2.05) is 24.4 Å². The smallest absolute Gasteiger partial charge is 0.350 e. The molecule has 4 nitrogen and oxygen atoms in total. The van der Waals surface area contributed by atoms with Gasteiger partial charge in [-0.2, -0.15) is 13.2 Å². The van der Waals surface area contributed by atoms with Crippen LogP contribution in [0.5, 0.6) is 0 Å². The Balaban J connectivity index is 1.90. The first kappa shape index (κ1) is 16.8. The predicted molar refractivity (Wildman–Crippen MR) is 83.2 cm³/mol. The van der Waals surface area contributed by atoms with Crippen molar-refractivity contribution in [2.45, 2.75) is 25.7 Å². The molecule has 2 aromatic heterocycles. The molecule has 0 aromatic carbocycles. The summed E-state index contributed by atoms with van der Waals surface area (Å²) in [5.74, 6) is 0.518. The van der Waals surface area contributed by atoms with Gasteiger partial charge in [-0.25, -0.2) is 4.98 Å². The summed E-state index contributed by atoms with van der Waals surface area (Å²) in [4.78, 5) is 8.78. The molecule has 0 aliphatic heterocycles. The molecule has 2 N–H and O–H groups in total. The van der Waals surface area contributed by atoms with Gasteiger partial charge in [-0.05, 0) is 18.4 Å². The van der Waals surface area contributed by atoms with Gasteiger partial charge in [0.25, 0.3) is 0 Å². The first-order valence-corrected chi connectivity index (χ1v) is 8.18. The molecule has 0 aliphatic carbocycles. The highest BCUT2D eigenvalue weighted by molar-refractivity contribution is 7.10. The summed E-state index contributed by atoms with van der Waals surface area (Å²) >= 11 is 2.59. The molecule has 0 saturated heterocycles. The summed E-state index contributed by atoms with van der Waals surface area (Å²) in [7, 11) is 1.61. The van der Waals surface area contributed by atoms with Crippen molar-refractivity contribution in [3.8, 4) is 0 Å². The molecule has 0 radical (unpaired) electrons. The van der Waals surface area contributed by atoms with Crippen LogP contribution in [0.15, 0.2) is 27.9 Å². The molecule has 0 aliphatic rings. The lowest BCUT2D eigenvalue weighted by Gasteiger charge is -2.16. The summed E-state index contributed by atoms with van der Waals surface area (Å²) in [5.41, 5.74) is -0.857. The fourth-order valence-electron chi connectivity index (χ4n) is 1.69. The minimum Gasteiger partial charge on any atom is -0.350 e. The second-order valence-electron chi connectivity index (χ2n) is 4.43. The molecule has 2 heterocycles. The minimum atomic E-state index is -4.40. The number of aromatic nitrogens is 1. The van der Waals surface area contributed by atoms with Gasteiger partial charge in [0.2, 0.25) is 0 Å². The van der Waals surface area contributed by atoms with E-state index in [9.17, 15) is 13.2 Å². The number of nitrogens with zero attached hydrogens (tertiary/aromatic N) is 2. The molecule has 0 spiro atoms. The quantitative estimate of drug-likeness (QED) is 0.655. The van der Waals surface area contributed by atoms with Crippen LogP contribution in [0.25, 0.3) is 0 Å². The van der Waals surface area contributed by atoms with Crippen LogP contribution in [-0.4, -0.2) is 18.0 Å². The van der Waals surface area contributed by atoms with Gasteiger partial charge < -0.3 is 10.6 Å². The molecule has 9 heteroatoms. The summed E-state index contributed by atoms with van der Waals surface area (Å²) < 4.78 is 37.5. The monoisotopic (exact) mass is 348 g/mol. The van der Waals surface area contributed by atoms with Crippen molar-refractivity contribution in [3.05, 3.63) is 38.5 Å². The van der Waals surface area contributed by atoms with Crippen molar-refractivity contribution in [2.24, 2.45) is 4.99 Å². The van der Waals surface area contributed by atoms with E-state index in [0.29, 0.717) is 11.0 Å². The average molecular weight is 348 g/mol. The second kappa shape index (κ2) is 7.10. The number of hydrogen-bond acceptors (Lipinski definition) is 4. The Kier molecular flexibility index (Phi) is 5.41. The maximum atomic E-state index is 12.5. The number of aliphatic imine (C=N–C) groups is 1. The number of alkyl halides is 3. The van der Waals surface area contributed by atoms with Crippen molar-refractivity contribution in [3.63, 3.8) is 0 Å². The Morgan fingerprint density at radius 3 is 2.73 bits per heavy atom. The van der Waals surface area contributed by atoms with Crippen LogP contribution >= 0.6 is 22.7 Å². The van der Waals surface area contributed by atoms with Gasteiger partial charge in [-0.1, -0.05) is 6.07 Å². The van der Waals surface area contributed by atoms with Crippen molar-refractivity contribution >= 4 is 28.6 Å². The van der Waals surface area contributed by atoms with E-state index in [0.717, 1.165) is 21.6 Å². The number of halogens is 3. The zero-order valence-corrected chi connectivity index (χ0v) is 13.6. The van der Waals surface area contributed by atoms with Crippen LogP contribution in [-0.2, 0) is 12.7 Å². The number of nitrogens with one attached hydrogen (secondary N) is 2. The van der Waals surface area contributed by atoms with Gasteiger partial charge in [0.15, 0.2) is 11.7 Å².